The van der Waals surface area contributed by atoms with Crippen LogP contribution in [0.3, 0.4) is 0 Å². The number of nitrogens with one attached hydrogen (secondary N) is 1. The van der Waals surface area contributed by atoms with E-state index in [1.807, 2.05) is 30.3 Å². The maximum absolute atomic E-state index is 12.6. The van der Waals surface area contributed by atoms with Crippen LogP contribution in [0.15, 0.2) is 79.1 Å². The van der Waals surface area contributed by atoms with Crippen LogP contribution in [0, 0.1) is 0 Å². The second-order valence-corrected chi connectivity index (χ2v) is 6.09. The molecular weight excluding hydrogens is 340 g/mol. The zero-order valence-corrected chi connectivity index (χ0v) is 15.3. The van der Waals surface area contributed by atoms with Crippen LogP contribution in [-0.2, 0) is 4.79 Å². The van der Waals surface area contributed by atoms with Gasteiger partial charge in [0, 0.05) is 30.2 Å². The van der Waals surface area contributed by atoms with Crippen LogP contribution in [0.1, 0.15) is 28.9 Å². The Balaban J connectivity index is 1.72. The Morgan fingerprint density at radius 2 is 1.48 bits per heavy atom. The van der Waals surface area contributed by atoms with E-state index in [0.29, 0.717) is 22.6 Å². The van der Waals surface area contributed by atoms with Gasteiger partial charge in [-0.3, -0.25) is 9.59 Å². The van der Waals surface area contributed by atoms with E-state index in [9.17, 15) is 9.59 Å². The number of benzene rings is 2. The summed E-state index contributed by atoms with van der Waals surface area (Å²) in [6, 6.07) is 19.4. The van der Waals surface area contributed by atoms with Crippen LogP contribution in [-0.4, -0.2) is 18.8 Å². The molecule has 5 heteroatoms. The summed E-state index contributed by atoms with van der Waals surface area (Å²) in [5.41, 5.74) is 1.83. The minimum Gasteiger partial charge on any atom is -0.495 e. The molecule has 136 valence electrons. The first-order valence-electron chi connectivity index (χ1n) is 8.64. The fourth-order valence-electron chi connectivity index (χ4n) is 2.72. The van der Waals surface area contributed by atoms with Crippen molar-refractivity contribution in [3.63, 3.8) is 0 Å². The molecule has 0 unspecified atom stereocenters. The molecule has 1 heterocycles. The van der Waals surface area contributed by atoms with Gasteiger partial charge in [-0.2, -0.15) is 4.57 Å². The maximum atomic E-state index is 12.6. The number of aromatic nitrogens is 1. The average molecular weight is 361 g/mol. The third-order valence-corrected chi connectivity index (χ3v) is 4.34. The van der Waals surface area contributed by atoms with Crippen molar-refractivity contribution >= 4 is 17.4 Å². The number of ketones is 1. The van der Waals surface area contributed by atoms with E-state index in [4.69, 9.17) is 4.74 Å². The van der Waals surface area contributed by atoms with Crippen molar-refractivity contribution in [1.29, 1.82) is 0 Å². The lowest BCUT2D eigenvalue weighted by molar-refractivity contribution is -0.705. The number of hydrogen-bond donors (Lipinski definition) is 1. The molecule has 0 bridgehead atoms. The van der Waals surface area contributed by atoms with Gasteiger partial charge in [-0.25, -0.2) is 0 Å². The Bertz CT molecular complexity index is 937. The van der Waals surface area contributed by atoms with E-state index < -0.39 is 6.04 Å². The molecule has 0 aliphatic carbocycles. The van der Waals surface area contributed by atoms with Crippen molar-refractivity contribution in [3.8, 4) is 5.75 Å². The summed E-state index contributed by atoms with van der Waals surface area (Å²) in [5.74, 6) is 0.382. The molecule has 1 N–H and O–H groups in total. The number of rotatable bonds is 6. The highest BCUT2D eigenvalue weighted by molar-refractivity contribution is 6.08. The monoisotopic (exact) mass is 361 g/mol. The van der Waals surface area contributed by atoms with Gasteiger partial charge in [-0.1, -0.05) is 42.5 Å². The van der Waals surface area contributed by atoms with Crippen LogP contribution >= 0.6 is 0 Å². The number of anilines is 1. The molecule has 0 spiro atoms. The lowest BCUT2D eigenvalue weighted by Crippen LogP contribution is -2.44. The first-order valence-corrected chi connectivity index (χ1v) is 8.64. The Hall–Kier alpha value is -3.47. The molecule has 1 aromatic heterocycles. The highest BCUT2D eigenvalue weighted by Gasteiger charge is 2.23. The standard InChI is InChI=1S/C22H20N2O3/c1-16(22(26)23-19-10-6-7-11-20(19)27-2)24-14-12-18(13-15-24)21(25)17-8-4-3-5-9-17/h3-16H,1-2H3/p+1/t16-/m1/s1. The minimum atomic E-state index is -0.448. The Morgan fingerprint density at radius 1 is 0.889 bits per heavy atom. The van der Waals surface area contributed by atoms with Crippen LogP contribution in [0.4, 0.5) is 5.69 Å². The van der Waals surface area contributed by atoms with Gasteiger partial charge >= 0.3 is 0 Å². The van der Waals surface area contributed by atoms with Crippen molar-refractivity contribution in [3.05, 3.63) is 90.3 Å². The number of pyridine rings is 1. The van der Waals surface area contributed by atoms with Crippen LogP contribution in [0.5, 0.6) is 5.75 Å². The lowest BCUT2D eigenvalue weighted by atomic mass is 10.0. The van der Waals surface area contributed by atoms with Crippen molar-refractivity contribution in [2.24, 2.45) is 0 Å². The van der Waals surface area contributed by atoms with E-state index >= 15 is 0 Å². The molecule has 0 aliphatic rings. The predicted molar refractivity (Wildman–Crippen MR) is 103 cm³/mol. The Labute approximate surface area is 158 Å². The molecule has 0 aliphatic heterocycles. The normalized spacial score (nSPS) is 11.5. The molecule has 0 saturated carbocycles. The molecule has 0 saturated heterocycles. The summed E-state index contributed by atoms with van der Waals surface area (Å²) in [5, 5.41) is 2.87. The smallest absolute Gasteiger partial charge is 0.293 e. The Kier molecular flexibility index (Phi) is 5.61. The molecule has 0 fully saturated rings. The van der Waals surface area contributed by atoms with Crippen molar-refractivity contribution in [2.75, 3.05) is 12.4 Å². The van der Waals surface area contributed by atoms with E-state index in [1.54, 1.807) is 67.4 Å². The number of methoxy groups -OCH3 is 1. The molecule has 3 aromatic rings. The van der Waals surface area contributed by atoms with Crippen LogP contribution in [0.2, 0.25) is 0 Å². The maximum Gasteiger partial charge on any atom is 0.293 e. The summed E-state index contributed by atoms with van der Waals surface area (Å²) >= 11 is 0. The summed E-state index contributed by atoms with van der Waals surface area (Å²) in [6.45, 7) is 1.80. The van der Waals surface area contributed by atoms with Crippen molar-refractivity contribution in [1.82, 2.24) is 0 Å². The number of para-hydroxylation sites is 2. The van der Waals surface area contributed by atoms with Gasteiger partial charge in [-0.15, -0.1) is 0 Å². The summed E-state index contributed by atoms with van der Waals surface area (Å²) in [7, 11) is 1.56. The van der Waals surface area contributed by atoms with Gasteiger partial charge in [0.2, 0.25) is 6.04 Å². The highest BCUT2D eigenvalue weighted by Crippen LogP contribution is 2.23. The first kappa shape index (κ1) is 18.3. The van der Waals surface area contributed by atoms with Crippen molar-refractivity contribution < 1.29 is 18.9 Å². The van der Waals surface area contributed by atoms with Gasteiger partial charge in [0.25, 0.3) is 5.91 Å². The molecule has 2 aromatic carbocycles. The van der Waals surface area contributed by atoms with Crippen molar-refractivity contribution in [2.45, 2.75) is 13.0 Å². The summed E-state index contributed by atoms with van der Waals surface area (Å²) in [4.78, 5) is 25.0. The van der Waals surface area contributed by atoms with E-state index in [0.717, 1.165) is 0 Å². The fraction of sp³-hybridized carbons (Fsp3) is 0.136. The molecule has 1 amide bonds. The number of ether oxygens (including phenoxy) is 1. The fourth-order valence-corrected chi connectivity index (χ4v) is 2.72. The van der Waals surface area contributed by atoms with Gasteiger partial charge in [-0.05, 0) is 12.1 Å². The number of nitrogens with zero attached hydrogens (tertiary/aromatic N) is 1. The van der Waals surface area contributed by atoms with Gasteiger partial charge in [0.15, 0.2) is 18.2 Å². The second-order valence-electron chi connectivity index (χ2n) is 6.09. The lowest BCUT2D eigenvalue weighted by Gasteiger charge is -2.11. The highest BCUT2D eigenvalue weighted by atomic mass is 16.5. The summed E-state index contributed by atoms with van der Waals surface area (Å²) in [6.07, 6.45) is 3.48. The SMILES string of the molecule is COc1ccccc1NC(=O)[C@@H](C)[n+]1ccc(C(=O)c2ccccc2)cc1. The molecule has 5 nitrogen and oxygen atoms in total. The number of carbonyl (C=O) groups excluding carboxylic acids is 2. The third-order valence-electron chi connectivity index (χ3n) is 4.34. The minimum absolute atomic E-state index is 0.0473. The predicted octanol–water partition coefficient (Wildman–Crippen LogP) is 3.41. The van der Waals surface area contributed by atoms with Gasteiger partial charge in [0.1, 0.15) is 5.75 Å². The van der Waals surface area contributed by atoms with E-state index in [1.165, 1.54) is 0 Å². The zero-order chi connectivity index (χ0) is 19.2. The molecule has 0 radical (unpaired) electrons. The van der Waals surface area contributed by atoms with Crippen LogP contribution in [0.25, 0.3) is 0 Å². The van der Waals surface area contributed by atoms with E-state index in [2.05, 4.69) is 5.32 Å². The molecular formula is C22H21N2O3+. The van der Waals surface area contributed by atoms with Gasteiger partial charge < -0.3 is 10.1 Å². The number of hydrogen-bond acceptors (Lipinski definition) is 3. The first-order chi connectivity index (χ1) is 13.1. The van der Waals surface area contributed by atoms with Gasteiger partial charge in [0.05, 0.1) is 12.8 Å². The quantitative estimate of drug-likeness (QED) is 0.541. The zero-order valence-electron chi connectivity index (χ0n) is 15.3. The second kappa shape index (κ2) is 8.27. The molecule has 1 atom stereocenters. The topological polar surface area (TPSA) is 59.3 Å². The largest absolute Gasteiger partial charge is 0.495 e. The van der Waals surface area contributed by atoms with E-state index in [-0.39, 0.29) is 11.7 Å². The van der Waals surface area contributed by atoms with Crippen LogP contribution < -0.4 is 14.6 Å². The summed E-state index contributed by atoms with van der Waals surface area (Å²) < 4.78 is 7.01. The number of carbonyl (C=O) groups is 2. The molecule has 3 rings (SSSR count). The average Bonchev–Trinajstić information content (AvgIpc) is 2.73. The number of amides is 1. The molecule has 27 heavy (non-hydrogen) atoms. The third kappa shape index (κ3) is 4.20. The Morgan fingerprint density at radius 3 is 2.15 bits per heavy atom.